The molecule has 1 saturated heterocycles. The Labute approximate surface area is 144 Å². The first-order chi connectivity index (χ1) is 11.4. The Kier molecular flexibility index (Phi) is 6.03. The zero-order chi connectivity index (χ0) is 17.7. The van der Waals surface area contributed by atoms with E-state index in [1.165, 1.54) is 0 Å². The van der Waals surface area contributed by atoms with Gasteiger partial charge < -0.3 is 9.47 Å². The fourth-order valence-corrected chi connectivity index (χ4v) is 2.83. The van der Waals surface area contributed by atoms with Gasteiger partial charge in [0.15, 0.2) is 0 Å². The SMILES string of the molecule is CC[C@@H](C)OC(=O)CN1C(=O)S/C(=C/c2cccc(OC)c2)C1=O. The molecule has 0 bridgehead atoms. The van der Waals surface area contributed by atoms with Crippen LogP contribution in [0.5, 0.6) is 5.75 Å². The molecule has 0 spiro atoms. The summed E-state index contributed by atoms with van der Waals surface area (Å²) < 4.78 is 10.2. The molecular weight excluding hydrogens is 330 g/mol. The maximum Gasteiger partial charge on any atom is 0.326 e. The molecule has 24 heavy (non-hydrogen) atoms. The lowest BCUT2D eigenvalue weighted by Crippen LogP contribution is -2.35. The highest BCUT2D eigenvalue weighted by molar-refractivity contribution is 8.18. The molecule has 0 unspecified atom stereocenters. The first-order valence-electron chi connectivity index (χ1n) is 7.53. The molecule has 0 saturated carbocycles. The third-order valence-corrected chi connectivity index (χ3v) is 4.37. The minimum Gasteiger partial charge on any atom is -0.497 e. The number of amides is 2. The van der Waals surface area contributed by atoms with Crippen LogP contribution in [0.4, 0.5) is 4.79 Å². The Bertz CT molecular complexity index is 685. The van der Waals surface area contributed by atoms with Crippen molar-refractivity contribution >= 4 is 35.0 Å². The molecule has 0 N–H and O–H groups in total. The van der Waals surface area contributed by atoms with Crippen molar-refractivity contribution in [1.29, 1.82) is 0 Å². The number of methoxy groups -OCH3 is 1. The number of hydrogen-bond acceptors (Lipinski definition) is 6. The normalized spacial score (nSPS) is 17.3. The molecule has 0 aliphatic carbocycles. The number of thioether (sulfide) groups is 1. The van der Waals surface area contributed by atoms with E-state index in [4.69, 9.17) is 9.47 Å². The maximum absolute atomic E-state index is 12.3. The lowest BCUT2D eigenvalue weighted by Gasteiger charge is -2.14. The van der Waals surface area contributed by atoms with E-state index in [1.807, 2.05) is 6.92 Å². The summed E-state index contributed by atoms with van der Waals surface area (Å²) in [7, 11) is 1.55. The molecule has 1 aromatic rings. The van der Waals surface area contributed by atoms with Gasteiger partial charge >= 0.3 is 5.97 Å². The van der Waals surface area contributed by atoms with Crippen LogP contribution in [0.2, 0.25) is 0 Å². The van der Waals surface area contributed by atoms with Gasteiger partial charge in [-0.05, 0) is 48.9 Å². The van der Waals surface area contributed by atoms with Gasteiger partial charge in [-0.2, -0.15) is 0 Å². The minimum atomic E-state index is -0.589. The average molecular weight is 349 g/mol. The van der Waals surface area contributed by atoms with E-state index < -0.39 is 17.1 Å². The molecule has 0 aromatic heterocycles. The van der Waals surface area contributed by atoms with E-state index in [0.29, 0.717) is 12.2 Å². The maximum atomic E-state index is 12.3. The van der Waals surface area contributed by atoms with Gasteiger partial charge in [-0.25, -0.2) is 0 Å². The van der Waals surface area contributed by atoms with E-state index in [2.05, 4.69) is 0 Å². The topological polar surface area (TPSA) is 72.9 Å². The Morgan fingerprint density at radius 2 is 2.12 bits per heavy atom. The fraction of sp³-hybridized carbons (Fsp3) is 0.353. The number of carbonyl (C=O) groups is 3. The van der Waals surface area contributed by atoms with Crippen molar-refractivity contribution in [2.75, 3.05) is 13.7 Å². The van der Waals surface area contributed by atoms with Gasteiger partial charge in [0, 0.05) is 0 Å². The molecule has 128 valence electrons. The number of hydrogen-bond donors (Lipinski definition) is 0. The van der Waals surface area contributed by atoms with Gasteiger partial charge in [0.05, 0.1) is 18.1 Å². The summed E-state index contributed by atoms with van der Waals surface area (Å²) in [5, 5.41) is -0.477. The first-order valence-corrected chi connectivity index (χ1v) is 8.35. The Hall–Kier alpha value is -2.28. The average Bonchev–Trinajstić information content (AvgIpc) is 2.82. The first kappa shape index (κ1) is 18.1. The molecule has 7 heteroatoms. The van der Waals surface area contributed by atoms with Crippen molar-refractivity contribution < 1.29 is 23.9 Å². The Morgan fingerprint density at radius 1 is 1.38 bits per heavy atom. The van der Waals surface area contributed by atoms with Crippen LogP contribution < -0.4 is 4.74 Å². The second-order valence-electron chi connectivity index (χ2n) is 5.25. The van der Waals surface area contributed by atoms with Crippen molar-refractivity contribution in [3.8, 4) is 5.75 Å². The van der Waals surface area contributed by atoms with Gasteiger partial charge in [0.2, 0.25) is 0 Å². The molecule has 1 aromatic carbocycles. The lowest BCUT2D eigenvalue weighted by atomic mass is 10.2. The van der Waals surface area contributed by atoms with Crippen molar-refractivity contribution in [1.82, 2.24) is 4.90 Å². The second-order valence-corrected chi connectivity index (χ2v) is 6.25. The smallest absolute Gasteiger partial charge is 0.326 e. The van der Waals surface area contributed by atoms with Gasteiger partial charge in [0.1, 0.15) is 12.3 Å². The highest BCUT2D eigenvalue weighted by Gasteiger charge is 2.36. The van der Waals surface area contributed by atoms with Gasteiger partial charge in [-0.3, -0.25) is 19.3 Å². The molecule has 1 fully saturated rings. The Morgan fingerprint density at radius 3 is 2.79 bits per heavy atom. The summed E-state index contributed by atoms with van der Waals surface area (Å²) in [6.07, 6.45) is 2.03. The second kappa shape index (κ2) is 8.01. The molecule has 1 atom stereocenters. The largest absolute Gasteiger partial charge is 0.497 e. The third-order valence-electron chi connectivity index (χ3n) is 3.46. The van der Waals surface area contributed by atoms with Crippen LogP contribution in [-0.2, 0) is 14.3 Å². The van der Waals surface area contributed by atoms with Gasteiger partial charge in [-0.15, -0.1) is 0 Å². The molecular formula is C17H19NO5S. The number of rotatable bonds is 6. The van der Waals surface area contributed by atoms with Crippen LogP contribution in [0.3, 0.4) is 0 Å². The van der Waals surface area contributed by atoms with E-state index in [-0.39, 0.29) is 17.6 Å². The number of esters is 1. The number of nitrogens with zero attached hydrogens (tertiary/aromatic N) is 1. The fourth-order valence-electron chi connectivity index (χ4n) is 1.99. The summed E-state index contributed by atoms with van der Waals surface area (Å²) in [6.45, 7) is 3.27. The summed E-state index contributed by atoms with van der Waals surface area (Å²) in [4.78, 5) is 37.3. The van der Waals surface area contributed by atoms with Crippen molar-refractivity contribution in [2.24, 2.45) is 0 Å². The number of ether oxygens (including phenoxy) is 2. The van der Waals surface area contributed by atoms with E-state index in [0.717, 1.165) is 22.2 Å². The highest BCUT2D eigenvalue weighted by Crippen LogP contribution is 2.32. The molecule has 2 amide bonds. The molecule has 2 rings (SSSR count). The van der Waals surface area contributed by atoms with Crippen molar-refractivity contribution in [3.05, 3.63) is 34.7 Å². The van der Waals surface area contributed by atoms with Gasteiger partial charge in [-0.1, -0.05) is 19.1 Å². The number of imide groups is 1. The summed E-state index contributed by atoms with van der Waals surface area (Å²) in [6, 6.07) is 7.13. The van der Waals surface area contributed by atoms with Crippen molar-refractivity contribution in [2.45, 2.75) is 26.4 Å². The third kappa shape index (κ3) is 4.38. The molecule has 1 aliphatic rings. The molecule has 1 heterocycles. The predicted molar refractivity (Wildman–Crippen MR) is 91.5 cm³/mol. The van der Waals surface area contributed by atoms with Crippen LogP contribution in [-0.4, -0.2) is 41.8 Å². The molecule has 1 aliphatic heterocycles. The summed E-state index contributed by atoms with van der Waals surface area (Å²) in [5.74, 6) is -0.427. The highest BCUT2D eigenvalue weighted by atomic mass is 32.2. The van der Waals surface area contributed by atoms with Crippen molar-refractivity contribution in [3.63, 3.8) is 0 Å². The van der Waals surface area contributed by atoms with Crippen LogP contribution >= 0.6 is 11.8 Å². The molecule has 0 radical (unpaired) electrons. The molecule has 6 nitrogen and oxygen atoms in total. The summed E-state index contributed by atoms with van der Waals surface area (Å²) >= 11 is 0.807. The zero-order valence-electron chi connectivity index (χ0n) is 13.8. The lowest BCUT2D eigenvalue weighted by molar-refractivity contribution is -0.150. The monoisotopic (exact) mass is 349 g/mol. The zero-order valence-corrected chi connectivity index (χ0v) is 14.6. The standard InChI is InChI=1S/C17H19NO5S/c1-4-11(2)23-15(19)10-18-16(20)14(24-17(18)21)9-12-6-5-7-13(8-12)22-3/h5-9,11H,4,10H2,1-3H3/b14-9+/t11-/m1/s1. The van der Waals surface area contributed by atoms with Crippen LogP contribution in [0.25, 0.3) is 6.08 Å². The quantitative estimate of drug-likeness (QED) is 0.580. The minimum absolute atomic E-state index is 0.246. The van der Waals surface area contributed by atoms with Crippen LogP contribution in [0, 0.1) is 0 Å². The van der Waals surface area contributed by atoms with E-state index in [1.54, 1.807) is 44.4 Å². The summed E-state index contributed by atoms with van der Waals surface area (Å²) in [5.41, 5.74) is 0.738. The van der Waals surface area contributed by atoms with E-state index in [9.17, 15) is 14.4 Å². The van der Waals surface area contributed by atoms with Crippen LogP contribution in [0.1, 0.15) is 25.8 Å². The van der Waals surface area contributed by atoms with Crippen LogP contribution in [0.15, 0.2) is 29.2 Å². The van der Waals surface area contributed by atoms with E-state index >= 15 is 0 Å². The number of carbonyl (C=O) groups excluding carboxylic acids is 3. The van der Waals surface area contributed by atoms with Gasteiger partial charge in [0.25, 0.3) is 11.1 Å². The Balaban J connectivity index is 2.10. The predicted octanol–water partition coefficient (Wildman–Crippen LogP) is 3.07. The number of benzene rings is 1.